The van der Waals surface area contributed by atoms with Crippen LogP contribution in [-0.4, -0.2) is 38.1 Å². The van der Waals surface area contributed by atoms with Gasteiger partial charge in [0.2, 0.25) is 5.91 Å². The second-order valence-electron chi connectivity index (χ2n) is 7.37. The van der Waals surface area contributed by atoms with Crippen LogP contribution in [0.3, 0.4) is 0 Å². The van der Waals surface area contributed by atoms with E-state index in [1.165, 1.54) is 0 Å². The molecule has 2 saturated carbocycles. The zero-order valence-electron chi connectivity index (χ0n) is 16.1. The van der Waals surface area contributed by atoms with Gasteiger partial charge in [-0.1, -0.05) is 24.1 Å². The summed E-state index contributed by atoms with van der Waals surface area (Å²) in [4.78, 5) is 16.7. The fourth-order valence-corrected chi connectivity index (χ4v) is 3.70. The van der Waals surface area contributed by atoms with E-state index in [0.717, 1.165) is 55.8 Å². The van der Waals surface area contributed by atoms with Crippen molar-refractivity contribution in [3.05, 3.63) is 28.8 Å². The van der Waals surface area contributed by atoms with Crippen molar-refractivity contribution >= 4 is 23.5 Å². The molecule has 3 N–H and O–H groups in total. The monoisotopic (exact) mass is 392 g/mol. The van der Waals surface area contributed by atoms with Crippen molar-refractivity contribution in [2.75, 3.05) is 14.2 Å². The van der Waals surface area contributed by atoms with E-state index in [4.69, 9.17) is 16.3 Å². The van der Waals surface area contributed by atoms with Gasteiger partial charge in [0, 0.05) is 42.2 Å². The molecule has 2 unspecified atom stereocenters. The largest absolute Gasteiger partial charge is 0.496 e. The van der Waals surface area contributed by atoms with Crippen LogP contribution in [-0.2, 0) is 11.3 Å². The highest BCUT2D eigenvalue weighted by Gasteiger charge is 2.31. The molecule has 7 heteroatoms. The van der Waals surface area contributed by atoms with Gasteiger partial charge in [0.05, 0.1) is 7.11 Å². The average molecular weight is 393 g/mol. The summed E-state index contributed by atoms with van der Waals surface area (Å²) in [6.07, 6.45) is 6.20. The molecule has 0 aromatic heterocycles. The fourth-order valence-electron chi connectivity index (χ4n) is 3.54. The SMILES string of the molecule is CN=C(NCc1ccc(Cl)cc1OC)NC1CCCC(C(=O)NC2CC2)C1. The molecule has 27 heavy (non-hydrogen) atoms. The summed E-state index contributed by atoms with van der Waals surface area (Å²) in [6, 6.07) is 6.28. The van der Waals surface area contributed by atoms with Crippen LogP contribution in [0.15, 0.2) is 23.2 Å². The summed E-state index contributed by atoms with van der Waals surface area (Å²) in [6.45, 7) is 0.582. The molecule has 0 spiro atoms. The number of nitrogens with zero attached hydrogens (tertiary/aromatic N) is 1. The van der Waals surface area contributed by atoms with E-state index < -0.39 is 0 Å². The molecule has 2 aliphatic rings. The Kier molecular flexibility index (Phi) is 6.83. The molecule has 0 heterocycles. The Bertz CT molecular complexity index is 691. The summed E-state index contributed by atoms with van der Waals surface area (Å²) in [7, 11) is 3.39. The van der Waals surface area contributed by atoms with Gasteiger partial charge >= 0.3 is 0 Å². The van der Waals surface area contributed by atoms with Gasteiger partial charge in [0.15, 0.2) is 5.96 Å². The number of hydrogen-bond donors (Lipinski definition) is 3. The normalized spacial score (nSPS) is 22.9. The molecule has 1 aromatic rings. The molecule has 0 saturated heterocycles. The molecule has 6 nitrogen and oxygen atoms in total. The number of guanidine groups is 1. The second kappa shape index (κ2) is 9.31. The maximum atomic E-state index is 12.3. The molecule has 2 atom stereocenters. The predicted molar refractivity (Wildman–Crippen MR) is 108 cm³/mol. The zero-order valence-corrected chi connectivity index (χ0v) is 16.8. The summed E-state index contributed by atoms with van der Waals surface area (Å²) >= 11 is 6.02. The number of aliphatic imine (C=N–C) groups is 1. The Balaban J connectivity index is 1.51. The lowest BCUT2D eigenvalue weighted by atomic mass is 9.85. The first-order valence-corrected chi connectivity index (χ1v) is 10.1. The van der Waals surface area contributed by atoms with Crippen LogP contribution in [0, 0.1) is 5.92 Å². The topological polar surface area (TPSA) is 74.8 Å². The van der Waals surface area contributed by atoms with Gasteiger partial charge in [-0.15, -0.1) is 0 Å². The van der Waals surface area contributed by atoms with Crippen molar-refractivity contribution in [3.63, 3.8) is 0 Å². The second-order valence-corrected chi connectivity index (χ2v) is 7.81. The van der Waals surface area contributed by atoms with E-state index in [0.29, 0.717) is 17.6 Å². The number of ether oxygens (including phenoxy) is 1. The Hall–Kier alpha value is -1.95. The molecule has 0 bridgehead atoms. The summed E-state index contributed by atoms with van der Waals surface area (Å²) in [5.41, 5.74) is 1.01. The lowest BCUT2D eigenvalue weighted by Crippen LogP contribution is -2.47. The number of nitrogens with one attached hydrogen (secondary N) is 3. The number of methoxy groups -OCH3 is 1. The Labute approximate surface area is 166 Å². The van der Waals surface area contributed by atoms with Gasteiger partial charge < -0.3 is 20.7 Å². The third-order valence-electron chi connectivity index (χ3n) is 5.23. The number of carbonyl (C=O) groups excluding carboxylic acids is 1. The minimum absolute atomic E-state index is 0.103. The van der Waals surface area contributed by atoms with Gasteiger partial charge in [-0.05, 0) is 44.2 Å². The van der Waals surface area contributed by atoms with E-state index in [-0.39, 0.29) is 17.9 Å². The van der Waals surface area contributed by atoms with E-state index in [2.05, 4.69) is 20.9 Å². The van der Waals surface area contributed by atoms with Crippen LogP contribution in [0.1, 0.15) is 44.1 Å². The number of benzene rings is 1. The zero-order chi connectivity index (χ0) is 19.2. The summed E-state index contributed by atoms with van der Waals surface area (Å²) in [5, 5.41) is 10.6. The highest BCUT2D eigenvalue weighted by molar-refractivity contribution is 6.30. The van der Waals surface area contributed by atoms with Gasteiger partial charge in [0.1, 0.15) is 5.75 Å². The van der Waals surface area contributed by atoms with Gasteiger partial charge in [-0.2, -0.15) is 0 Å². The van der Waals surface area contributed by atoms with Gasteiger partial charge in [0.25, 0.3) is 0 Å². The quantitative estimate of drug-likeness (QED) is 0.514. The summed E-state index contributed by atoms with van der Waals surface area (Å²) < 4.78 is 5.39. The van der Waals surface area contributed by atoms with Crippen LogP contribution >= 0.6 is 11.6 Å². The van der Waals surface area contributed by atoms with Gasteiger partial charge in [-0.3, -0.25) is 9.79 Å². The maximum absolute atomic E-state index is 12.3. The highest BCUT2D eigenvalue weighted by Crippen LogP contribution is 2.27. The molecule has 3 rings (SSSR count). The first-order valence-electron chi connectivity index (χ1n) is 9.69. The van der Waals surface area contributed by atoms with Crippen molar-refractivity contribution < 1.29 is 9.53 Å². The van der Waals surface area contributed by atoms with Crippen LogP contribution in [0.5, 0.6) is 5.75 Å². The van der Waals surface area contributed by atoms with Crippen molar-refractivity contribution in [2.24, 2.45) is 10.9 Å². The molecule has 148 valence electrons. The molecule has 1 aromatic carbocycles. The van der Waals surface area contributed by atoms with E-state index >= 15 is 0 Å². The molecule has 0 radical (unpaired) electrons. The first kappa shape index (κ1) is 19.8. The minimum atomic E-state index is 0.103. The lowest BCUT2D eigenvalue weighted by molar-refractivity contribution is -0.126. The average Bonchev–Trinajstić information content (AvgIpc) is 3.49. The third kappa shape index (κ3) is 5.76. The van der Waals surface area contributed by atoms with Crippen LogP contribution in [0.4, 0.5) is 0 Å². The van der Waals surface area contributed by atoms with E-state index in [9.17, 15) is 4.79 Å². The van der Waals surface area contributed by atoms with Crippen LogP contribution < -0.4 is 20.7 Å². The molecule has 2 fully saturated rings. The third-order valence-corrected chi connectivity index (χ3v) is 5.46. The Morgan fingerprint density at radius 2 is 2.04 bits per heavy atom. The van der Waals surface area contributed by atoms with Crippen molar-refractivity contribution in [1.82, 2.24) is 16.0 Å². The van der Waals surface area contributed by atoms with Gasteiger partial charge in [-0.25, -0.2) is 0 Å². The van der Waals surface area contributed by atoms with Crippen molar-refractivity contribution in [3.8, 4) is 5.75 Å². The number of amides is 1. The Morgan fingerprint density at radius 1 is 1.22 bits per heavy atom. The van der Waals surface area contributed by atoms with Crippen molar-refractivity contribution in [1.29, 1.82) is 0 Å². The minimum Gasteiger partial charge on any atom is -0.496 e. The first-order chi connectivity index (χ1) is 13.1. The molecule has 1 amide bonds. The van der Waals surface area contributed by atoms with E-state index in [1.807, 2.05) is 12.1 Å². The summed E-state index contributed by atoms with van der Waals surface area (Å²) in [5.74, 6) is 1.81. The molecule has 0 aliphatic heterocycles. The van der Waals surface area contributed by atoms with Crippen molar-refractivity contribution in [2.45, 2.75) is 57.2 Å². The van der Waals surface area contributed by atoms with E-state index in [1.54, 1.807) is 20.2 Å². The molecule has 2 aliphatic carbocycles. The molecular weight excluding hydrogens is 364 g/mol. The number of hydrogen-bond acceptors (Lipinski definition) is 3. The van der Waals surface area contributed by atoms with Crippen LogP contribution in [0.25, 0.3) is 0 Å². The highest BCUT2D eigenvalue weighted by atomic mass is 35.5. The smallest absolute Gasteiger partial charge is 0.223 e. The fraction of sp³-hybridized carbons (Fsp3) is 0.600. The maximum Gasteiger partial charge on any atom is 0.223 e. The number of halogens is 1. The standard InChI is InChI=1S/C20H29ClN4O2/c1-22-20(23-12-14-6-7-15(21)11-18(14)27-2)25-17-5-3-4-13(10-17)19(26)24-16-8-9-16/h6-7,11,13,16-17H,3-5,8-10,12H2,1-2H3,(H,24,26)(H2,22,23,25). The Morgan fingerprint density at radius 3 is 2.74 bits per heavy atom. The number of carbonyl (C=O) groups is 1. The lowest BCUT2D eigenvalue weighted by Gasteiger charge is -2.30. The number of rotatable bonds is 6. The molecular formula is C20H29ClN4O2. The van der Waals surface area contributed by atoms with Crippen LogP contribution in [0.2, 0.25) is 5.02 Å². The predicted octanol–water partition coefficient (Wildman–Crippen LogP) is 2.85.